The third-order valence-electron chi connectivity index (χ3n) is 2.84. The Kier molecular flexibility index (Phi) is 4.28. The van der Waals surface area contributed by atoms with E-state index >= 15 is 0 Å². The van der Waals surface area contributed by atoms with Gasteiger partial charge in [0.1, 0.15) is 6.07 Å². The molecule has 0 saturated carbocycles. The molecule has 0 spiro atoms. The number of carbonyl (C=O) groups excluding carboxylic acids is 1. The van der Waals surface area contributed by atoms with Gasteiger partial charge in [0.2, 0.25) is 0 Å². The summed E-state index contributed by atoms with van der Waals surface area (Å²) in [5.74, 6) is -0.793. The monoisotopic (exact) mass is 311 g/mol. The smallest absolute Gasteiger partial charge is 0.267 e. The summed E-state index contributed by atoms with van der Waals surface area (Å²) in [6, 6.07) is 9.97. The van der Waals surface area contributed by atoms with E-state index in [0.29, 0.717) is 0 Å². The van der Waals surface area contributed by atoms with Crippen LogP contribution in [0.1, 0.15) is 15.9 Å². The molecule has 0 bridgehead atoms. The van der Waals surface area contributed by atoms with Gasteiger partial charge >= 0.3 is 0 Å². The van der Waals surface area contributed by atoms with E-state index in [1.807, 2.05) is 0 Å². The third-order valence-corrected chi connectivity index (χ3v) is 2.84. The van der Waals surface area contributed by atoms with Gasteiger partial charge in [0.25, 0.3) is 17.3 Å². The van der Waals surface area contributed by atoms with Crippen LogP contribution in [-0.2, 0) is 0 Å². The molecule has 2 aromatic carbocycles. The first-order valence-corrected chi connectivity index (χ1v) is 6.11. The average molecular weight is 311 g/mol. The normalized spacial score (nSPS) is 9.70. The number of rotatable bonds is 4. The van der Waals surface area contributed by atoms with Crippen LogP contribution in [0.25, 0.3) is 0 Å². The first-order chi connectivity index (χ1) is 10.9. The van der Waals surface area contributed by atoms with Gasteiger partial charge in [-0.15, -0.1) is 0 Å². The van der Waals surface area contributed by atoms with Crippen LogP contribution in [0, 0.1) is 31.6 Å². The van der Waals surface area contributed by atoms with Crippen LogP contribution < -0.4 is 5.32 Å². The highest BCUT2D eigenvalue weighted by atomic mass is 16.6. The van der Waals surface area contributed by atoms with Gasteiger partial charge in [-0.3, -0.25) is 25.0 Å². The van der Waals surface area contributed by atoms with Gasteiger partial charge in [-0.25, -0.2) is 5.32 Å². The predicted octanol–water partition coefficient (Wildman–Crippen LogP) is 2.45. The van der Waals surface area contributed by atoms with E-state index in [9.17, 15) is 25.0 Å². The maximum Gasteiger partial charge on any atom is 0.277 e. The third kappa shape index (κ3) is 3.45. The molecular formula is C14H7N4O5. The molecule has 0 heterocycles. The summed E-state index contributed by atoms with van der Waals surface area (Å²) in [6.45, 7) is 0. The summed E-state index contributed by atoms with van der Waals surface area (Å²) in [6.07, 6.45) is 0. The van der Waals surface area contributed by atoms with Crippen molar-refractivity contribution < 1.29 is 14.6 Å². The summed E-state index contributed by atoms with van der Waals surface area (Å²) in [4.78, 5) is 32.1. The summed E-state index contributed by atoms with van der Waals surface area (Å²) in [7, 11) is 0. The van der Waals surface area contributed by atoms with Crippen molar-refractivity contribution in [1.82, 2.24) is 5.32 Å². The van der Waals surface area contributed by atoms with E-state index in [0.717, 1.165) is 18.2 Å². The highest BCUT2D eigenvalue weighted by molar-refractivity contribution is 5.97. The maximum atomic E-state index is 12.0. The molecule has 1 radical (unpaired) electrons. The Morgan fingerprint density at radius 1 is 1.04 bits per heavy atom. The van der Waals surface area contributed by atoms with Gasteiger partial charge in [0.05, 0.1) is 21.1 Å². The Labute approximate surface area is 129 Å². The quantitative estimate of drug-likeness (QED) is 0.627. The molecule has 0 saturated heterocycles. The molecule has 113 valence electrons. The second-order valence-corrected chi connectivity index (χ2v) is 4.29. The lowest BCUT2D eigenvalue weighted by molar-refractivity contribution is -0.385. The van der Waals surface area contributed by atoms with Crippen molar-refractivity contribution in [2.24, 2.45) is 0 Å². The number of hydrogen-bond donors (Lipinski definition) is 0. The van der Waals surface area contributed by atoms with Gasteiger partial charge in [-0.1, -0.05) is 6.07 Å². The van der Waals surface area contributed by atoms with E-state index in [2.05, 4.69) is 5.32 Å². The second kappa shape index (κ2) is 6.31. The molecule has 1 amide bonds. The molecule has 0 aromatic heterocycles. The number of carbonyl (C=O) groups is 1. The maximum absolute atomic E-state index is 12.0. The fourth-order valence-corrected chi connectivity index (χ4v) is 1.75. The van der Waals surface area contributed by atoms with Crippen LogP contribution in [0.4, 0.5) is 17.1 Å². The minimum Gasteiger partial charge on any atom is -0.267 e. The van der Waals surface area contributed by atoms with Crippen LogP contribution in [-0.4, -0.2) is 15.8 Å². The molecular weight excluding hydrogens is 304 g/mol. The summed E-state index contributed by atoms with van der Waals surface area (Å²) >= 11 is 0. The van der Waals surface area contributed by atoms with Crippen LogP contribution in [0.2, 0.25) is 0 Å². The molecule has 0 unspecified atom stereocenters. The van der Waals surface area contributed by atoms with Gasteiger partial charge < -0.3 is 0 Å². The Hall–Kier alpha value is -3.80. The minimum absolute atomic E-state index is 0.0264. The van der Waals surface area contributed by atoms with E-state index < -0.39 is 15.8 Å². The number of nitrogens with zero attached hydrogens (tertiary/aromatic N) is 4. The first-order valence-electron chi connectivity index (χ1n) is 6.11. The second-order valence-electron chi connectivity index (χ2n) is 4.29. The molecule has 0 aliphatic rings. The van der Waals surface area contributed by atoms with Gasteiger partial charge in [-0.2, -0.15) is 5.26 Å². The fourth-order valence-electron chi connectivity index (χ4n) is 1.75. The molecule has 0 fully saturated rings. The molecule has 2 aromatic rings. The van der Waals surface area contributed by atoms with Crippen LogP contribution >= 0.6 is 0 Å². The van der Waals surface area contributed by atoms with Crippen molar-refractivity contribution in [2.45, 2.75) is 0 Å². The van der Waals surface area contributed by atoms with Crippen molar-refractivity contribution in [3.63, 3.8) is 0 Å². The number of nitriles is 1. The molecule has 0 N–H and O–H groups in total. The molecule has 0 aliphatic heterocycles. The number of hydrogen-bond acceptors (Lipinski definition) is 6. The number of nitro groups is 2. The Morgan fingerprint density at radius 2 is 1.70 bits per heavy atom. The summed E-state index contributed by atoms with van der Waals surface area (Å²) in [5.41, 5.74) is -0.785. The van der Waals surface area contributed by atoms with Crippen LogP contribution in [0.15, 0.2) is 42.5 Å². The molecule has 2 rings (SSSR count). The van der Waals surface area contributed by atoms with E-state index in [1.165, 1.54) is 24.3 Å². The zero-order chi connectivity index (χ0) is 17.0. The van der Waals surface area contributed by atoms with Gasteiger partial charge in [-0.05, 0) is 12.1 Å². The number of nitro benzene ring substituents is 2. The average Bonchev–Trinajstić information content (AvgIpc) is 2.55. The minimum atomic E-state index is -0.793. The summed E-state index contributed by atoms with van der Waals surface area (Å²) in [5, 5.41) is 34.0. The zero-order valence-corrected chi connectivity index (χ0v) is 11.4. The SMILES string of the molecule is N#Cc1cc([N+](=O)[O-])ccc1[N]C(=O)c1cccc([N+](=O)[O-])c1. The predicted molar refractivity (Wildman–Crippen MR) is 77.0 cm³/mol. The molecule has 0 aliphatic carbocycles. The molecule has 9 nitrogen and oxygen atoms in total. The van der Waals surface area contributed by atoms with Crippen molar-refractivity contribution in [1.29, 1.82) is 5.26 Å². The van der Waals surface area contributed by atoms with Gasteiger partial charge in [0, 0.05) is 29.8 Å². The van der Waals surface area contributed by atoms with Crippen molar-refractivity contribution in [3.8, 4) is 6.07 Å². The summed E-state index contributed by atoms with van der Waals surface area (Å²) < 4.78 is 0. The number of amides is 1. The van der Waals surface area contributed by atoms with Crippen molar-refractivity contribution in [2.75, 3.05) is 0 Å². The van der Waals surface area contributed by atoms with Gasteiger partial charge in [0.15, 0.2) is 0 Å². The van der Waals surface area contributed by atoms with Crippen LogP contribution in [0.3, 0.4) is 0 Å². The molecule has 9 heteroatoms. The van der Waals surface area contributed by atoms with E-state index in [4.69, 9.17) is 5.26 Å². The Balaban J connectivity index is 2.30. The molecule has 0 atom stereocenters. The highest BCUT2D eigenvalue weighted by Gasteiger charge is 2.17. The zero-order valence-electron chi connectivity index (χ0n) is 11.4. The highest BCUT2D eigenvalue weighted by Crippen LogP contribution is 2.22. The topological polar surface area (TPSA) is 141 Å². The fraction of sp³-hybridized carbons (Fsp3) is 0. The Bertz CT molecular complexity index is 856. The van der Waals surface area contributed by atoms with Crippen LogP contribution in [0.5, 0.6) is 0 Å². The largest absolute Gasteiger partial charge is 0.277 e. The first kappa shape index (κ1) is 15.6. The van der Waals surface area contributed by atoms with Crippen molar-refractivity contribution >= 4 is 23.0 Å². The van der Waals surface area contributed by atoms with E-state index in [-0.39, 0.29) is 28.2 Å². The van der Waals surface area contributed by atoms with Crippen molar-refractivity contribution in [3.05, 3.63) is 73.8 Å². The Morgan fingerprint density at radius 3 is 2.30 bits per heavy atom. The lowest BCUT2D eigenvalue weighted by Crippen LogP contribution is -2.12. The molecule has 23 heavy (non-hydrogen) atoms. The lowest BCUT2D eigenvalue weighted by atomic mass is 10.1. The standard InChI is InChI=1S/C14H7N4O5/c15-8-10-7-12(18(22)23)4-5-13(10)16-14(19)9-2-1-3-11(6-9)17(20)21/h1-7H. The number of non-ortho nitro benzene ring substituents is 2. The van der Waals surface area contributed by atoms with E-state index in [1.54, 1.807) is 6.07 Å². The number of benzene rings is 2. The lowest BCUT2D eigenvalue weighted by Gasteiger charge is -2.04.